The predicted octanol–water partition coefficient (Wildman–Crippen LogP) is 1.44. The summed E-state index contributed by atoms with van der Waals surface area (Å²) in [5.41, 5.74) is 6.85. The summed E-state index contributed by atoms with van der Waals surface area (Å²) in [6.45, 7) is 1.84. The third-order valence-electron chi connectivity index (χ3n) is 2.95. The van der Waals surface area contributed by atoms with E-state index in [2.05, 4.69) is 9.71 Å². The van der Waals surface area contributed by atoms with Gasteiger partial charge in [-0.25, -0.2) is 18.1 Å². The minimum atomic E-state index is -3.74. The van der Waals surface area contributed by atoms with Gasteiger partial charge in [0.1, 0.15) is 10.7 Å². The molecule has 0 spiro atoms. The van der Waals surface area contributed by atoms with E-state index in [0.29, 0.717) is 11.5 Å². The van der Waals surface area contributed by atoms with E-state index in [9.17, 15) is 8.42 Å². The summed E-state index contributed by atoms with van der Waals surface area (Å²) in [4.78, 5) is 4.01. The largest absolute Gasteiger partial charge is 0.398 e. The number of rotatable bonds is 4. The molecule has 108 valence electrons. The van der Waals surface area contributed by atoms with Crippen LogP contribution in [-0.4, -0.2) is 18.0 Å². The normalized spacial score (nSPS) is 11.8. The lowest BCUT2D eigenvalue weighted by Crippen LogP contribution is -2.25. The Balaban J connectivity index is 2.27. The smallest absolute Gasteiger partial charge is 0.242 e. The monoisotopic (exact) mass is 314 g/mol. The third kappa shape index (κ3) is 2.95. The number of hydrogen-bond acceptors (Lipinski definition) is 4. The van der Waals surface area contributed by atoms with E-state index in [4.69, 9.17) is 17.3 Å². The highest BCUT2D eigenvalue weighted by Crippen LogP contribution is 2.26. The molecule has 2 aromatic rings. The van der Waals surface area contributed by atoms with Gasteiger partial charge in [-0.3, -0.25) is 0 Å². The summed E-state index contributed by atoms with van der Waals surface area (Å²) in [6, 6.07) is 2.89. The summed E-state index contributed by atoms with van der Waals surface area (Å²) in [7, 11) is -1.95. The molecule has 1 aromatic heterocycles. The Hall–Kier alpha value is -1.57. The highest BCUT2D eigenvalue weighted by Gasteiger charge is 2.19. The SMILES string of the molecule is Cc1cc(Cl)c(S(=O)(=O)NCc2nccn2C)cc1N. The second-order valence-corrected chi connectivity index (χ2v) is 6.56. The summed E-state index contributed by atoms with van der Waals surface area (Å²) in [6.07, 6.45) is 3.33. The van der Waals surface area contributed by atoms with E-state index in [-0.39, 0.29) is 16.5 Å². The summed E-state index contributed by atoms with van der Waals surface area (Å²) < 4.78 is 28.7. The maximum atomic E-state index is 12.2. The Bertz CT molecular complexity index is 740. The standard InChI is InChI=1S/C12H15ClN4O2S/c1-8-5-9(13)11(6-10(8)14)20(18,19)16-7-12-15-3-4-17(12)2/h3-6,16H,7,14H2,1-2H3. The zero-order chi connectivity index (χ0) is 14.9. The molecule has 0 fully saturated rings. The van der Waals surface area contributed by atoms with Gasteiger partial charge in [0, 0.05) is 25.1 Å². The molecule has 0 aliphatic heterocycles. The van der Waals surface area contributed by atoms with Crippen molar-refractivity contribution in [2.24, 2.45) is 7.05 Å². The minimum absolute atomic E-state index is 0.0310. The van der Waals surface area contributed by atoms with E-state index in [1.165, 1.54) is 12.1 Å². The number of anilines is 1. The molecule has 0 saturated heterocycles. The van der Waals surface area contributed by atoms with Crippen molar-refractivity contribution in [2.75, 3.05) is 5.73 Å². The van der Waals surface area contributed by atoms with Crippen molar-refractivity contribution in [1.29, 1.82) is 0 Å². The Kier molecular flexibility index (Phi) is 4.03. The quantitative estimate of drug-likeness (QED) is 0.836. The van der Waals surface area contributed by atoms with Crippen molar-refractivity contribution in [3.63, 3.8) is 0 Å². The van der Waals surface area contributed by atoms with E-state index < -0.39 is 10.0 Å². The Morgan fingerprint density at radius 2 is 2.15 bits per heavy atom. The van der Waals surface area contributed by atoms with Crippen LogP contribution in [0.3, 0.4) is 0 Å². The molecule has 0 saturated carbocycles. The van der Waals surface area contributed by atoms with E-state index >= 15 is 0 Å². The van der Waals surface area contributed by atoms with Gasteiger partial charge in [0.05, 0.1) is 11.6 Å². The second-order valence-electron chi connectivity index (χ2n) is 4.42. The van der Waals surface area contributed by atoms with Crippen molar-refractivity contribution in [2.45, 2.75) is 18.4 Å². The molecular formula is C12H15ClN4O2S. The van der Waals surface area contributed by atoms with Crippen molar-refractivity contribution in [3.05, 3.63) is 40.9 Å². The molecular weight excluding hydrogens is 300 g/mol. The molecule has 1 heterocycles. The number of nitrogens with zero attached hydrogens (tertiary/aromatic N) is 2. The minimum Gasteiger partial charge on any atom is -0.398 e. The van der Waals surface area contributed by atoms with Gasteiger partial charge in [-0.1, -0.05) is 11.6 Å². The van der Waals surface area contributed by atoms with Gasteiger partial charge in [0.2, 0.25) is 10.0 Å². The number of aryl methyl sites for hydroxylation is 2. The molecule has 0 unspecified atom stereocenters. The van der Waals surface area contributed by atoms with Gasteiger partial charge in [0.25, 0.3) is 0 Å². The van der Waals surface area contributed by atoms with Crippen molar-refractivity contribution in [3.8, 4) is 0 Å². The van der Waals surface area contributed by atoms with Gasteiger partial charge < -0.3 is 10.3 Å². The van der Waals surface area contributed by atoms with Gasteiger partial charge in [-0.2, -0.15) is 0 Å². The molecule has 8 heteroatoms. The third-order valence-corrected chi connectivity index (χ3v) is 4.82. The lowest BCUT2D eigenvalue weighted by molar-refractivity contribution is 0.577. The topological polar surface area (TPSA) is 90.0 Å². The van der Waals surface area contributed by atoms with E-state index in [0.717, 1.165) is 5.56 Å². The zero-order valence-electron chi connectivity index (χ0n) is 11.1. The Morgan fingerprint density at radius 3 is 2.75 bits per heavy atom. The Morgan fingerprint density at radius 1 is 1.45 bits per heavy atom. The van der Waals surface area contributed by atoms with Crippen LogP contribution in [0.4, 0.5) is 5.69 Å². The second kappa shape index (κ2) is 5.43. The number of nitrogens with one attached hydrogen (secondary N) is 1. The van der Waals surface area contributed by atoms with Gasteiger partial charge >= 0.3 is 0 Å². The van der Waals surface area contributed by atoms with Crippen LogP contribution < -0.4 is 10.5 Å². The maximum Gasteiger partial charge on any atom is 0.242 e. The molecule has 0 aliphatic carbocycles. The lowest BCUT2D eigenvalue weighted by atomic mass is 10.2. The molecule has 3 N–H and O–H groups in total. The summed E-state index contributed by atoms with van der Waals surface area (Å²) >= 11 is 5.98. The molecule has 2 rings (SSSR count). The summed E-state index contributed by atoms with van der Waals surface area (Å²) in [5.74, 6) is 0.602. The molecule has 6 nitrogen and oxygen atoms in total. The number of hydrogen-bond donors (Lipinski definition) is 2. The number of nitrogen functional groups attached to an aromatic ring is 1. The molecule has 0 radical (unpaired) electrons. The number of halogens is 1. The van der Waals surface area contributed by atoms with Crippen LogP contribution in [0, 0.1) is 6.92 Å². The van der Waals surface area contributed by atoms with E-state index in [1.54, 1.807) is 30.9 Å². The van der Waals surface area contributed by atoms with Crippen LogP contribution in [0.15, 0.2) is 29.4 Å². The number of aromatic nitrogens is 2. The predicted molar refractivity (Wildman–Crippen MR) is 77.8 cm³/mol. The first kappa shape index (κ1) is 14.8. The summed E-state index contributed by atoms with van der Waals surface area (Å²) in [5, 5.41) is 0.143. The first-order valence-electron chi connectivity index (χ1n) is 5.83. The molecule has 0 atom stereocenters. The zero-order valence-corrected chi connectivity index (χ0v) is 12.7. The fourth-order valence-electron chi connectivity index (χ4n) is 1.68. The molecule has 1 aromatic carbocycles. The van der Waals surface area contributed by atoms with Crippen LogP contribution >= 0.6 is 11.6 Å². The first-order valence-corrected chi connectivity index (χ1v) is 7.69. The van der Waals surface area contributed by atoms with Gasteiger partial charge in [0.15, 0.2) is 0 Å². The molecule has 0 bridgehead atoms. The van der Waals surface area contributed by atoms with Crippen LogP contribution in [0.2, 0.25) is 5.02 Å². The van der Waals surface area contributed by atoms with Crippen molar-refractivity contribution in [1.82, 2.24) is 14.3 Å². The van der Waals surface area contributed by atoms with Crippen LogP contribution in [0.1, 0.15) is 11.4 Å². The molecule has 20 heavy (non-hydrogen) atoms. The number of imidazole rings is 1. The van der Waals surface area contributed by atoms with Crippen LogP contribution in [0.5, 0.6) is 0 Å². The highest BCUT2D eigenvalue weighted by molar-refractivity contribution is 7.89. The molecule has 0 amide bonds. The van der Waals surface area contributed by atoms with Gasteiger partial charge in [-0.15, -0.1) is 0 Å². The maximum absolute atomic E-state index is 12.2. The molecule has 0 aliphatic rings. The van der Waals surface area contributed by atoms with Crippen molar-refractivity contribution < 1.29 is 8.42 Å². The van der Waals surface area contributed by atoms with Crippen LogP contribution in [-0.2, 0) is 23.6 Å². The fraction of sp³-hybridized carbons (Fsp3) is 0.250. The fourth-order valence-corrected chi connectivity index (χ4v) is 3.27. The van der Waals surface area contributed by atoms with Crippen LogP contribution in [0.25, 0.3) is 0 Å². The average molecular weight is 315 g/mol. The number of benzene rings is 1. The Labute approximate surface area is 122 Å². The van der Waals surface area contributed by atoms with E-state index in [1.807, 2.05) is 0 Å². The lowest BCUT2D eigenvalue weighted by Gasteiger charge is -2.10. The number of nitrogens with two attached hydrogens (primary N) is 1. The number of sulfonamides is 1. The first-order chi connectivity index (χ1) is 9.31. The van der Waals surface area contributed by atoms with Gasteiger partial charge in [-0.05, 0) is 24.6 Å². The highest BCUT2D eigenvalue weighted by atomic mass is 35.5. The van der Waals surface area contributed by atoms with Crippen molar-refractivity contribution >= 4 is 27.3 Å². The average Bonchev–Trinajstić information content (AvgIpc) is 2.77.